The SMILES string of the molecule is CCC1(C)CCN(C(=NC)NCCN2CCOCC2C)C1. The molecule has 0 saturated carbocycles. The molecule has 5 nitrogen and oxygen atoms in total. The summed E-state index contributed by atoms with van der Waals surface area (Å²) in [5, 5.41) is 3.53. The van der Waals surface area contributed by atoms with E-state index in [4.69, 9.17) is 4.74 Å². The predicted molar refractivity (Wildman–Crippen MR) is 87.8 cm³/mol. The number of likely N-dealkylation sites (tertiary alicyclic amines) is 1. The Morgan fingerprint density at radius 3 is 2.86 bits per heavy atom. The Morgan fingerprint density at radius 1 is 1.43 bits per heavy atom. The smallest absolute Gasteiger partial charge is 0.193 e. The zero-order chi connectivity index (χ0) is 15.3. The molecule has 2 aliphatic rings. The molecule has 2 unspecified atom stereocenters. The van der Waals surface area contributed by atoms with E-state index in [0.29, 0.717) is 11.5 Å². The Balaban J connectivity index is 1.76. The molecule has 2 fully saturated rings. The number of nitrogens with one attached hydrogen (secondary N) is 1. The van der Waals surface area contributed by atoms with Crippen LogP contribution in [0.15, 0.2) is 4.99 Å². The zero-order valence-corrected chi connectivity index (χ0v) is 14.2. The van der Waals surface area contributed by atoms with Crippen molar-refractivity contribution in [3.8, 4) is 0 Å². The second-order valence-electron chi connectivity index (χ2n) is 6.77. The van der Waals surface area contributed by atoms with Gasteiger partial charge in [0.1, 0.15) is 0 Å². The number of morpholine rings is 1. The molecule has 0 amide bonds. The standard InChI is InChI=1S/C16H32N4O/c1-5-16(3)6-8-20(13-16)15(17-4)18-7-9-19-10-11-21-12-14(19)2/h14H,5-13H2,1-4H3,(H,17,18). The van der Waals surface area contributed by atoms with E-state index in [2.05, 4.69) is 40.9 Å². The molecular formula is C16H32N4O. The van der Waals surface area contributed by atoms with Gasteiger partial charge >= 0.3 is 0 Å². The Kier molecular flexibility index (Phi) is 5.88. The lowest BCUT2D eigenvalue weighted by Gasteiger charge is -2.33. The van der Waals surface area contributed by atoms with Crippen LogP contribution in [0.2, 0.25) is 0 Å². The molecule has 122 valence electrons. The van der Waals surface area contributed by atoms with Gasteiger partial charge in [-0.3, -0.25) is 9.89 Å². The van der Waals surface area contributed by atoms with Crippen LogP contribution >= 0.6 is 0 Å². The topological polar surface area (TPSA) is 40.1 Å². The first-order valence-corrected chi connectivity index (χ1v) is 8.35. The van der Waals surface area contributed by atoms with Gasteiger partial charge in [0.15, 0.2) is 5.96 Å². The molecular weight excluding hydrogens is 264 g/mol. The molecule has 2 aliphatic heterocycles. The summed E-state index contributed by atoms with van der Waals surface area (Å²) in [5.74, 6) is 1.06. The fourth-order valence-electron chi connectivity index (χ4n) is 3.23. The summed E-state index contributed by atoms with van der Waals surface area (Å²) in [5.41, 5.74) is 0.455. The number of hydrogen-bond acceptors (Lipinski definition) is 3. The van der Waals surface area contributed by atoms with Gasteiger partial charge in [0.2, 0.25) is 0 Å². The quantitative estimate of drug-likeness (QED) is 0.629. The van der Waals surface area contributed by atoms with E-state index < -0.39 is 0 Å². The van der Waals surface area contributed by atoms with Gasteiger partial charge in [-0.2, -0.15) is 0 Å². The largest absolute Gasteiger partial charge is 0.379 e. The Hall–Kier alpha value is -0.810. The maximum atomic E-state index is 5.48. The lowest BCUT2D eigenvalue weighted by molar-refractivity contribution is 0.000831. The Morgan fingerprint density at radius 2 is 2.24 bits per heavy atom. The molecule has 2 rings (SSSR count). The molecule has 2 heterocycles. The van der Waals surface area contributed by atoms with Crippen molar-refractivity contribution in [3.05, 3.63) is 0 Å². The Labute approximate surface area is 129 Å². The first kappa shape index (κ1) is 16.6. The average Bonchev–Trinajstić information content (AvgIpc) is 2.88. The van der Waals surface area contributed by atoms with E-state index in [1.165, 1.54) is 12.8 Å². The minimum Gasteiger partial charge on any atom is -0.379 e. The number of rotatable bonds is 4. The van der Waals surface area contributed by atoms with Crippen LogP contribution in [0.1, 0.15) is 33.6 Å². The van der Waals surface area contributed by atoms with E-state index >= 15 is 0 Å². The molecule has 2 saturated heterocycles. The van der Waals surface area contributed by atoms with Crippen LogP contribution in [0, 0.1) is 5.41 Å². The molecule has 1 N–H and O–H groups in total. The third kappa shape index (κ3) is 4.33. The van der Waals surface area contributed by atoms with Crippen molar-refractivity contribution < 1.29 is 4.74 Å². The van der Waals surface area contributed by atoms with E-state index in [-0.39, 0.29) is 0 Å². The number of aliphatic imine (C=N–C) groups is 1. The lowest BCUT2D eigenvalue weighted by atomic mass is 9.87. The number of nitrogens with zero attached hydrogens (tertiary/aromatic N) is 3. The first-order valence-electron chi connectivity index (χ1n) is 8.35. The summed E-state index contributed by atoms with van der Waals surface area (Å²) >= 11 is 0. The van der Waals surface area contributed by atoms with Crippen molar-refractivity contribution in [1.82, 2.24) is 15.1 Å². The number of hydrogen-bond donors (Lipinski definition) is 1. The van der Waals surface area contributed by atoms with Crippen LogP contribution in [0.25, 0.3) is 0 Å². The van der Waals surface area contributed by atoms with Gasteiger partial charge in [0, 0.05) is 45.8 Å². The highest BCUT2D eigenvalue weighted by Crippen LogP contribution is 2.32. The minimum atomic E-state index is 0.455. The van der Waals surface area contributed by atoms with Crippen molar-refractivity contribution >= 4 is 5.96 Å². The summed E-state index contributed by atoms with van der Waals surface area (Å²) in [7, 11) is 1.89. The van der Waals surface area contributed by atoms with Crippen LogP contribution in [0.3, 0.4) is 0 Å². The molecule has 0 aromatic rings. The molecule has 0 aliphatic carbocycles. The predicted octanol–water partition coefficient (Wildman–Crippen LogP) is 1.40. The molecule has 0 spiro atoms. The molecule has 2 atom stereocenters. The molecule has 21 heavy (non-hydrogen) atoms. The molecule has 0 aromatic heterocycles. The van der Waals surface area contributed by atoms with Crippen molar-refractivity contribution in [2.45, 2.75) is 39.7 Å². The van der Waals surface area contributed by atoms with Gasteiger partial charge < -0.3 is 15.0 Å². The summed E-state index contributed by atoms with van der Waals surface area (Å²) in [6.45, 7) is 13.9. The average molecular weight is 296 g/mol. The summed E-state index contributed by atoms with van der Waals surface area (Å²) in [6, 6.07) is 0.526. The molecule has 5 heteroatoms. The van der Waals surface area contributed by atoms with Crippen molar-refractivity contribution in [3.63, 3.8) is 0 Å². The molecule has 0 aromatic carbocycles. The van der Waals surface area contributed by atoms with Crippen LogP contribution in [0.4, 0.5) is 0 Å². The maximum absolute atomic E-state index is 5.48. The number of ether oxygens (including phenoxy) is 1. The van der Waals surface area contributed by atoms with Crippen LogP contribution in [-0.2, 0) is 4.74 Å². The van der Waals surface area contributed by atoms with Crippen molar-refractivity contribution in [2.24, 2.45) is 10.4 Å². The van der Waals surface area contributed by atoms with Gasteiger partial charge in [-0.15, -0.1) is 0 Å². The summed E-state index contributed by atoms with van der Waals surface area (Å²) in [4.78, 5) is 9.36. The third-order valence-electron chi connectivity index (χ3n) is 5.11. The Bertz CT molecular complexity index is 360. The van der Waals surface area contributed by atoms with E-state index in [9.17, 15) is 0 Å². The maximum Gasteiger partial charge on any atom is 0.193 e. The van der Waals surface area contributed by atoms with Gasteiger partial charge in [-0.05, 0) is 25.2 Å². The van der Waals surface area contributed by atoms with E-state index in [0.717, 1.165) is 51.9 Å². The van der Waals surface area contributed by atoms with Crippen molar-refractivity contribution in [1.29, 1.82) is 0 Å². The van der Waals surface area contributed by atoms with Crippen molar-refractivity contribution in [2.75, 3.05) is 53.0 Å². The second-order valence-corrected chi connectivity index (χ2v) is 6.77. The van der Waals surface area contributed by atoms with E-state index in [1.54, 1.807) is 0 Å². The molecule has 0 radical (unpaired) electrons. The first-order chi connectivity index (χ1) is 10.1. The summed E-state index contributed by atoms with van der Waals surface area (Å²) < 4.78 is 5.48. The van der Waals surface area contributed by atoms with E-state index in [1.807, 2.05) is 7.05 Å². The summed E-state index contributed by atoms with van der Waals surface area (Å²) in [6.07, 6.45) is 2.51. The van der Waals surface area contributed by atoms with Crippen LogP contribution < -0.4 is 5.32 Å². The lowest BCUT2D eigenvalue weighted by Crippen LogP contribution is -2.48. The monoisotopic (exact) mass is 296 g/mol. The fourth-order valence-corrected chi connectivity index (χ4v) is 3.23. The highest BCUT2D eigenvalue weighted by atomic mass is 16.5. The highest BCUT2D eigenvalue weighted by molar-refractivity contribution is 5.80. The zero-order valence-electron chi connectivity index (χ0n) is 14.2. The van der Waals surface area contributed by atoms with Crippen LogP contribution in [-0.4, -0.2) is 74.8 Å². The highest BCUT2D eigenvalue weighted by Gasteiger charge is 2.33. The third-order valence-corrected chi connectivity index (χ3v) is 5.11. The van der Waals surface area contributed by atoms with Gasteiger partial charge in [-0.25, -0.2) is 0 Å². The minimum absolute atomic E-state index is 0.455. The van der Waals surface area contributed by atoms with Gasteiger partial charge in [0.05, 0.1) is 13.2 Å². The second kappa shape index (κ2) is 7.45. The van der Waals surface area contributed by atoms with Gasteiger partial charge in [0.25, 0.3) is 0 Å². The normalized spacial score (nSPS) is 31.7. The molecule has 0 bridgehead atoms. The number of guanidine groups is 1. The van der Waals surface area contributed by atoms with Crippen LogP contribution in [0.5, 0.6) is 0 Å². The fraction of sp³-hybridized carbons (Fsp3) is 0.938. The van der Waals surface area contributed by atoms with Gasteiger partial charge in [-0.1, -0.05) is 13.8 Å².